The van der Waals surface area contributed by atoms with Crippen LogP contribution in [0.5, 0.6) is 0 Å². The fourth-order valence-electron chi connectivity index (χ4n) is 1.80. The number of amides is 1. The highest BCUT2D eigenvalue weighted by Gasteiger charge is 2.05. The van der Waals surface area contributed by atoms with Gasteiger partial charge in [-0.05, 0) is 43.2 Å². The van der Waals surface area contributed by atoms with E-state index < -0.39 is 0 Å². The second-order valence-corrected chi connectivity index (χ2v) is 5.84. The van der Waals surface area contributed by atoms with E-state index in [4.69, 9.17) is 4.84 Å². The lowest BCUT2D eigenvalue weighted by Gasteiger charge is -2.07. The van der Waals surface area contributed by atoms with Gasteiger partial charge < -0.3 is 10.2 Å². The molecular weight excluding hydrogens is 344 g/mol. The van der Waals surface area contributed by atoms with Crippen molar-refractivity contribution in [3.8, 4) is 0 Å². The van der Waals surface area contributed by atoms with Crippen molar-refractivity contribution in [1.82, 2.24) is 0 Å². The van der Waals surface area contributed by atoms with Gasteiger partial charge in [-0.15, -0.1) is 0 Å². The van der Waals surface area contributed by atoms with Crippen LogP contribution in [-0.2, 0) is 9.63 Å². The number of rotatable bonds is 5. The predicted molar refractivity (Wildman–Crippen MR) is 92.2 cm³/mol. The SMILES string of the molecule is Cc1ccc(/C=N\OCC(=O)Nc2ccc(Br)cc2C)cc1. The Morgan fingerprint density at radius 3 is 2.64 bits per heavy atom. The van der Waals surface area contributed by atoms with E-state index in [1.807, 2.05) is 56.3 Å². The Morgan fingerprint density at radius 2 is 1.95 bits per heavy atom. The Kier molecular flexibility index (Phi) is 5.72. The quantitative estimate of drug-likeness (QED) is 0.645. The minimum absolute atomic E-state index is 0.127. The van der Waals surface area contributed by atoms with Crippen LogP contribution in [0.3, 0.4) is 0 Å². The number of nitrogens with one attached hydrogen (secondary N) is 1. The minimum atomic E-state index is -0.244. The Hall–Kier alpha value is -2.14. The number of aryl methyl sites for hydroxylation is 2. The molecule has 0 bridgehead atoms. The van der Waals surface area contributed by atoms with Gasteiger partial charge in [0.25, 0.3) is 5.91 Å². The maximum absolute atomic E-state index is 11.8. The predicted octanol–water partition coefficient (Wildman–Crippen LogP) is 4.06. The first-order chi connectivity index (χ1) is 10.5. The molecule has 0 saturated heterocycles. The molecule has 0 heterocycles. The maximum atomic E-state index is 11.8. The van der Waals surface area contributed by atoms with Gasteiger partial charge in [0.1, 0.15) is 0 Å². The molecule has 0 saturated carbocycles. The van der Waals surface area contributed by atoms with Crippen molar-refractivity contribution in [2.75, 3.05) is 11.9 Å². The number of carbonyl (C=O) groups is 1. The van der Waals surface area contributed by atoms with E-state index in [0.29, 0.717) is 0 Å². The molecule has 2 aromatic rings. The lowest BCUT2D eigenvalue weighted by molar-refractivity contribution is -0.120. The normalized spacial score (nSPS) is 10.7. The summed E-state index contributed by atoms with van der Waals surface area (Å²) >= 11 is 3.38. The van der Waals surface area contributed by atoms with Gasteiger partial charge in [0, 0.05) is 10.2 Å². The van der Waals surface area contributed by atoms with Gasteiger partial charge in [-0.2, -0.15) is 0 Å². The number of oxime groups is 1. The summed E-state index contributed by atoms with van der Waals surface area (Å²) in [5.41, 5.74) is 3.85. The third kappa shape index (κ3) is 5.00. The summed E-state index contributed by atoms with van der Waals surface area (Å²) in [5, 5.41) is 6.58. The zero-order valence-corrected chi connectivity index (χ0v) is 14.1. The van der Waals surface area contributed by atoms with Gasteiger partial charge in [0.15, 0.2) is 6.61 Å². The number of hydrogen-bond donors (Lipinski definition) is 1. The first kappa shape index (κ1) is 16.2. The fourth-order valence-corrected chi connectivity index (χ4v) is 2.28. The molecular formula is C17H17BrN2O2. The molecule has 0 aliphatic rings. The smallest absolute Gasteiger partial charge is 0.265 e. The number of benzene rings is 2. The zero-order chi connectivity index (χ0) is 15.9. The van der Waals surface area contributed by atoms with Crippen molar-refractivity contribution in [2.45, 2.75) is 13.8 Å². The molecule has 1 N–H and O–H groups in total. The van der Waals surface area contributed by atoms with Crippen LogP contribution in [0.1, 0.15) is 16.7 Å². The van der Waals surface area contributed by atoms with Crippen molar-refractivity contribution in [2.24, 2.45) is 5.16 Å². The lowest BCUT2D eigenvalue weighted by Crippen LogP contribution is -2.17. The first-order valence-electron chi connectivity index (χ1n) is 6.82. The largest absolute Gasteiger partial charge is 0.386 e. The van der Waals surface area contributed by atoms with E-state index in [2.05, 4.69) is 26.4 Å². The van der Waals surface area contributed by atoms with Crippen LogP contribution in [0, 0.1) is 13.8 Å². The summed E-state index contributed by atoms with van der Waals surface area (Å²) in [6.07, 6.45) is 1.58. The van der Waals surface area contributed by atoms with Crippen LogP contribution < -0.4 is 5.32 Å². The van der Waals surface area contributed by atoms with Gasteiger partial charge >= 0.3 is 0 Å². The monoisotopic (exact) mass is 360 g/mol. The molecule has 5 heteroatoms. The molecule has 0 atom stereocenters. The highest BCUT2D eigenvalue weighted by molar-refractivity contribution is 9.10. The van der Waals surface area contributed by atoms with Gasteiger partial charge in [-0.25, -0.2) is 0 Å². The molecule has 4 nitrogen and oxygen atoms in total. The number of nitrogens with zero attached hydrogens (tertiary/aromatic N) is 1. The first-order valence-corrected chi connectivity index (χ1v) is 7.62. The molecule has 1 amide bonds. The van der Waals surface area contributed by atoms with Crippen LogP contribution in [0.2, 0.25) is 0 Å². The Morgan fingerprint density at radius 1 is 1.23 bits per heavy atom. The summed E-state index contributed by atoms with van der Waals surface area (Å²) in [7, 11) is 0. The van der Waals surface area contributed by atoms with Gasteiger partial charge in [-0.1, -0.05) is 50.9 Å². The molecule has 0 fully saturated rings. The molecule has 114 valence electrons. The van der Waals surface area contributed by atoms with Crippen molar-refractivity contribution in [3.05, 3.63) is 63.6 Å². The molecule has 0 aliphatic heterocycles. The van der Waals surface area contributed by atoms with E-state index in [0.717, 1.165) is 21.3 Å². The Bertz CT molecular complexity index is 682. The zero-order valence-electron chi connectivity index (χ0n) is 12.5. The summed E-state index contributed by atoms with van der Waals surface area (Å²) in [4.78, 5) is 16.8. The molecule has 2 rings (SSSR count). The van der Waals surface area contributed by atoms with Crippen molar-refractivity contribution < 1.29 is 9.63 Å². The average Bonchev–Trinajstić information content (AvgIpc) is 2.48. The van der Waals surface area contributed by atoms with Crippen LogP contribution >= 0.6 is 15.9 Å². The number of anilines is 1. The summed E-state index contributed by atoms with van der Waals surface area (Å²) in [6, 6.07) is 13.5. The second-order valence-electron chi connectivity index (χ2n) is 4.93. The second kappa shape index (κ2) is 7.75. The van der Waals surface area contributed by atoms with E-state index in [1.54, 1.807) is 6.21 Å². The van der Waals surface area contributed by atoms with Crippen LogP contribution in [0.4, 0.5) is 5.69 Å². The molecule has 0 aromatic heterocycles. The average molecular weight is 361 g/mol. The molecule has 0 unspecified atom stereocenters. The third-order valence-electron chi connectivity index (χ3n) is 3.01. The highest BCUT2D eigenvalue weighted by atomic mass is 79.9. The van der Waals surface area contributed by atoms with Crippen LogP contribution in [-0.4, -0.2) is 18.7 Å². The lowest BCUT2D eigenvalue weighted by atomic mass is 10.2. The third-order valence-corrected chi connectivity index (χ3v) is 3.51. The minimum Gasteiger partial charge on any atom is -0.386 e. The maximum Gasteiger partial charge on any atom is 0.265 e. The molecule has 22 heavy (non-hydrogen) atoms. The molecule has 2 aromatic carbocycles. The van der Waals surface area contributed by atoms with Crippen molar-refractivity contribution in [3.63, 3.8) is 0 Å². The standard InChI is InChI=1S/C17H17BrN2O2/c1-12-3-5-14(6-4-12)10-19-22-11-17(21)20-16-8-7-15(18)9-13(16)2/h3-10H,11H2,1-2H3,(H,20,21)/b19-10-. The van der Waals surface area contributed by atoms with Crippen molar-refractivity contribution in [1.29, 1.82) is 0 Å². The number of hydrogen-bond acceptors (Lipinski definition) is 3. The van der Waals surface area contributed by atoms with Gasteiger partial charge in [0.05, 0.1) is 6.21 Å². The topological polar surface area (TPSA) is 50.7 Å². The van der Waals surface area contributed by atoms with E-state index in [-0.39, 0.29) is 12.5 Å². The molecule has 0 aliphatic carbocycles. The van der Waals surface area contributed by atoms with Gasteiger partial charge in [-0.3, -0.25) is 4.79 Å². The summed E-state index contributed by atoms with van der Waals surface area (Å²) < 4.78 is 0.974. The summed E-state index contributed by atoms with van der Waals surface area (Å²) in [6.45, 7) is 3.82. The molecule has 0 radical (unpaired) electrons. The van der Waals surface area contributed by atoms with Crippen LogP contribution in [0.25, 0.3) is 0 Å². The Balaban J connectivity index is 1.81. The van der Waals surface area contributed by atoms with Crippen molar-refractivity contribution >= 4 is 33.7 Å². The van der Waals surface area contributed by atoms with Crippen LogP contribution in [0.15, 0.2) is 52.1 Å². The fraction of sp³-hybridized carbons (Fsp3) is 0.176. The number of carbonyl (C=O) groups excluding carboxylic acids is 1. The van der Waals surface area contributed by atoms with E-state index >= 15 is 0 Å². The van der Waals surface area contributed by atoms with E-state index in [1.165, 1.54) is 5.56 Å². The summed E-state index contributed by atoms with van der Waals surface area (Å²) in [5.74, 6) is -0.244. The molecule has 0 spiro atoms. The highest BCUT2D eigenvalue weighted by Crippen LogP contribution is 2.19. The number of halogens is 1. The Labute approximate surface area is 138 Å². The van der Waals surface area contributed by atoms with Gasteiger partial charge in [0.2, 0.25) is 0 Å². The van der Waals surface area contributed by atoms with E-state index in [9.17, 15) is 4.79 Å².